The minimum atomic E-state index is -3.44. The molecule has 0 spiro atoms. The van der Waals surface area contributed by atoms with E-state index in [1.165, 1.54) is 5.56 Å². The molecular formula is C16H26N2O2S. The van der Waals surface area contributed by atoms with E-state index in [1.54, 1.807) is 12.1 Å². The van der Waals surface area contributed by atoms with Crippen LogP contribution in [0.4, 0.5) is 0 Å². The first-order chi connectivity index (χ1) is 9.88. The zero-order valence-electron chi connectivity index (χ0n) is 12.9. The van der Waals surface area contributed by atoms with E-state index >= 15 is 0 Å². The Kier molecular flexibility index (Phi) is 5.41. The van der Waals surface area contributed by atoms with Crippen LogP contribution in [0.1, 0.15) is 38.7 Å². The summed E-state index contributed by atoms with van der Waals surface area (Å²) in [5.74, 6) is 1.14. The quantitative estimate of drug-likeness (QED) is 0.774. The van der Waals surface area contributed by atoms with Crippen molar-refractivity contribution in [3.05, 3.63) is 29.8 Å². The minimum Gasteiger partial charge on any atom is -0.326 e. The highest BCUT2D eigenvalue weighted by Gasteiger charge is 2.29. The predicted molar refractivity (Wildman–Crippen MR) is 85.5 cm³/mol. The SMILES string of the molecule is CC(C)CCc1ccc(S(=O)(=O)NCC(N)C2CC2)cc1. The molecule has 1 aromatic carbocycles. The van der Waals surface area contributed by atoms with Gasteiger partial charge in [-0.3, -0.25) is 0 Å². The van der Waals surface area contributed by atoms with Crippen LogP contribution >= 0.6 is 0 Å². The van der Waals surface area contributed by atoms with Crippen molar-refractivity contribution in [2.45, 2.75) is 50.5 Å². The van der Waals surface area contributed by atoms with Crippen molar-refractivity contribution in [1.82, 2.24) is 4.72 Å². The van der Waals surface area contributed by atoms with Crippen LogP contribution in [0, 0.1) is 11.8 Å². The van der Waals surface area contributed by atoms with Crippen LogP contribution in [-0.4, -0.2) is 21.0 Å². The molecule has 0 saturated heterocycles. The lowest BCUT2D eigenvalue weighted by molar-refractivity contribution is 0.547. The van der Waals surface area contributed by atoms with E-state index in [1.807, 2.05) is 12.1 Å². The maximum absolute atomic E-state index is 12.2. The number of rotatable bonds is 8. The van der Waals surface area contributed by atoms with Gasteiger partial charge in [-0.25, -0.2) is 13.1 Å². The number of hydrogen-bond donors (Lipinski definition) is 2. The van der Waals surface area contributed by atoms with Gasteiger partial charge in [-0.2, -0.15) is 0 Å². The Hall–Kier alpha value is -0.910. The molecule has 3 N–H and O–H groups in total. The van der Waals surface area contributed by atoms with E-state index in [0.717, 1.165) is 25.7 Å². The zero-order valence-corrected chi connectivity index (χ0v) is 13.7. The molecule has 1 aromatic rings. The molecule has 1 aliphatic carbocycles. The highest BCUT2D eigenvalue weighted by Crippen LogP contribution is 2.31. The molecule has 0 amide bonds. The third-order valence-corrected chi connectivity index (χ3v) is 5.42. The highest BCUT2D eigenvalue weighted by atomic mass is 32.2. The van der Waals surface area contributed by atoms with Gasteiger partial charge in [0.2, 0.25) is 10.0 Å². The first kappa shape index (κ1) is 16.5. The Bertz CT molecular complexity index is 548. The van der Waals surface area contributed by atoms with Crippen molar-refractivity contribution in [2.24, 2.45) is 17.6 Å². The van der Waals surface area contributed by atoms with Gasteiger partial charge in [-0.05, 0) is 55.2 Å². The van der Waals surface area contributed by atoms with Crippen LogP contribution in [-0.2, 0) is 16.4 Å². The van der Waals surface area contributed by atoms with Crippen molar-refractivity contribution in [3.63, 3.8) is 0 Å². The first-order valence-electron chi connectivity index (χ1n) is 7.72. The third-order valence-electron chi connectivity index (χ3n) is 3.98. The number of nitrogens with one attached hydrogen (secondary N) is 1. The lowest BCUT2D eigenvalue weighted by Gasteiger charge is -2.12. The van der Waals surface area contributed by atoms with Crippen LogP contribution in [0.3, 0.4) is 0 Å². The summed E-state index contributed by atoms with van der Waals surface area (Å²) in [6.45, 7) is 4.69. The fourth-order valence-electron chi connectivity index (χ4n) is 2.27. The third kappa shape index (κ3) is 5.09. The summed E-state index contributed by atoms with van der Waals surface area (Å²) in [5.41, 5.74) is 7.11. The standard InChI is InChI=1S/C16H26N2O2S/c1-12(2)3-4-13-5-9-15(10-6-13)21(19,20)18-11-16(17)14-7-8-14/h5-6,9-10,12,14,16,18H,3-4,7-8,11,17H2,1-2H3. The molecule has 4 nitrogen and oxygen atoms in total. The Morgan fingerprint density at radius 2 is 1.86 bits per heavy atom. The van der Waals surface area contributed by atoms with Crippen LogP contribution in [0.5, 0.6) is 0 Å². The lowest BCUT2D eigenvalue weighted by Crippen LogP contribution is -2.38. The van der Waals surface area contributed by atoms with Crippen molar-refractivity contribution < 1.29 is 8.42 Å². The molecule has 118 valence electrons. The van der Waals surface area contributed by atoms with Crippen LogP contribution < -0.4 is 10.5 Å². The van der Waals surface area contributed by atoms with Crippen LogP contribution in [0.25, 0.3) is 0 Å². The van der Waals surface area contributed by atoms with Gasteiger partial charge in [0, 0.05) is 12.6 Å². The molecule has 1 aliphatic rings. The van der Waals surface area contributed by atoms with E-state index in [4.69, 9.17) is 5.73 Å². The van der Waals surface area contributed by atoms with Crippen molar-refractivity contribution in [2.75, 3.05) is 6.54 Å². The molecule has 21 heavy (non-hydrogen) atoms. The monoisotopic (exact) mass is 310 g/mol. The van der Waals surface area contributed by atoms with E-state index in [0.29, 0.717) is 23.3 Å². The second kappa shape index (κ2) is 6.90. The normalized spacial score (nSPS) is 17.1. The summed E-state index contributed by atoms with van der Waals surface area (Å²) in [6.07, 6.45) is 4.33. The predicted octanol–water partition coefficient (Wildman–Crippen LogP) is 2.29. The van der Waals surface area contributed by atoms with Gasteiger partial charge >= 0.3 is 0 Å². The maximum Gasteiger partial charge on any atom is 0.240 e. The van der Waals surface area contributed by atoms with E-state index in [-0.39, 0.29) is 6.04 Å². The molecular weight excluding hydrogens is 284 g/mol. The van der Waals surface area contributed by atoms with Crippen LogP contribution in [0.2, 0.25) is 0 Å². The largest absolute Gasteiger partial charge is 0.326 e. The maximum atomic E-state index is 12.2. The van der Waals surface area contributed by atoms with E-state index in [2.05, 4.69) is 18.6 Å². The van der Waals surface area contributed by atoms with Gasteiger partial charge < -0.3 is 5.73 Å². The summed E-state index contributed by atoms with van der Waals surface area (Å²) < 4.78 is 27.0. The van der Waals surface area contributed by atoms with Crippen molar-refractivity contribution >= 4 is 10.0 Å². The second-order valence-electron chi connectivity index (χ2n) is 6.43. The summed E-state index contributed by atoms with van der Waals surface area (Å²) in [5, 5.41) is 0. The fourth-order valence-corrected chi connectivity index (χ4v) is 3.34. The molecule has 0 heterocycles. The second-order valence-corrected chi connectivity index (χ2v) is 8.20. The Morgan fingerprint density at radius 1 is 1.24 bits per heavy atom. The van der Waals surface area contributed by atoms with E-state index < -0.39 is 10.0 Å². The van der Waals surface area contributed by atoms with Crippen LogP contribution in [0.15, 0.2) is 29.2 Å². The van der Waals surface area contributed by atoms with Gasteiger partial charge in [0.1, 0.15) is 0 Å². The number of nitrogens with two attached hydrogens (primary N) is 1. The summed E-state index contributed by atoms with van der Waals surface area (Å²) in [4.78, 5) is 0.318. The smallest absolute Gasteiger partial charge is 0.240 e. The van der Waals surface area contributed by atoms with Gasteiger partial charge in [-0.15, -0.1) is 0 Å². The summed E-state index contributed by atoms with van der Waals surface area (Å²) in [6, 6.07) is 7.10. The van der Waals surface area contributed by atoms with Crippen molar-refractivity contribution in [3.8, 4) is 0 Å². The molecule has 0 bridgehead atoms. The Labute approximate surface area is 128 Å². The molecule has 0 radical (unpaired) electrons. The first-order valence-corrected chi connectivity index (χ1v) is 9.21. The molecule has 2 rings (SSSR count). The Balaban J connectivity index is 1.92. The molecule has 1 fully saturated rings. The highest BCUT2D eigenvalue weighted by molar-refractivity contribution is 7.89. The molecule has 1 saturated carbocycles. The molecule has 5 heteroatoms. The topological polar surface area (TPSA) is 72.2 Å². The van der Waals surface area contributed by atoms with Gasteiger partial charge in [0.15, 0.2) is 0 Å². The Morgan fingerprint density at radius 3 is 2.38 bits per heavy atom. The average Bonchev–Trinajstić information content (AvgIpc) is 3.27. The van der Waals surface area contributed by atoms with Gasteiger partial charge in [-0.1, -0.05) is 26.0 Å². The summed E-state index contributed by atoms with van der Waals surface area (Å²) >= 11 is 0. The fraction of sp³-hybridized carbons (Fsp3) is 0.625. The molecule has 0 aliphatic heterocycles. The number of sulfonamides is 1. The number of benzene rings is 1. The minimum absolute atomic E-state index is 0.0647. The number of hydrogen-bond acceptors (Lipinski definition) is 3. The van der Waals surface area contributed by atoms with E-state index in [9.17, 15) is 8.42 Å². The average molecular weight is 310 g/mol. The number of aryl methyl sites for hydroxylation is 1. The van der Waals surface area contributed by atoms with Crippen molar-refractivity contribution in [1.29, 1.82) is 0 Å². The van der Waals surface area contributed by atoms with Gasteiger partial charge in [0.25, 0.3) is 0 Å². The zero-order chi connectivity index (χ0) is 15.5. The lowest BCUT2D eigenvalue weighted by atomic mass is 10.0. The van der Waals surface area contributed by atoms with Gasteiger partial charge in [0.05, 0.1) is 4.90 Å². The summed E-state index contributed by atoms with van der Waals surface area (Å²) in [7, 11) is -3.44. The molecule has 1 atom stereocenters. The molecule has 1 unspecified atom stereocenters. The molecule has 0 aromatic heterocycles.